The summed E-state index contributed by atoms with van der Waals surface area (Å²) < 4.78 is 18.5. The molecule has 2 aromatic carbocycles. The fourth-order valence-electron chi connectivity index (χ4n) is 4.46. The number of aromatic nitrogens is 1. The first-order valence-corrected chi connectivity index (χ1v) is 13.0. The van der Waals surface area contributed by atoms with Crippen LogP contribution in [0.3, 0.4) is 0 Å². The van der Waals surface area contributed by atoms with Crippen LogP contribution in [0.15, 0.2) is 94.5 Å². The Morgan fingerprint density at radius 3 is 2.43 bits per heavy atom. The molecule has 1 aliphatic heterocycles. The van der Waals surface area contributed by atoms with E-state index in [1.54, 1.807) is 6.20 Å². The molecule has 0 radical (unpaired) electrons. The lowest BCUT2D eigenvalue weighted by molar-refractivity contribution is 0.290. The number of hydrogen-bond acceptors (Lipinski definition) is 6. The monoisotopic (exact) mass is 495 g/mol. The van der Waals surface area contributed by atoms with Gasteiger partial charge in [0.1, 0.15) is 17.4 Å². The lowest BCUT2D eigenvalue weighted by Gasteiger charge is -2.27. The van der Waals surface area contributed by atoms with Crippen molar-refractivity contribution in [3.05, 3.63) is 108 Å². The third kappa shape index (κ3) is 6.58. The Balaban J connectivity index is 1.57. The molecule has 0 saturated heterocycles. The highest BCUT2D eigenvalue weighted by molar-refractivity contribution is 6.00. The van der Waals surface area contributed by atoms with E-state index >= 15 is 0 Å². The highest BCUT2D eigenvalue weighted by Crippen LogP contribution is 2.33. The van der Waals surface area contributed by atoms with Gasteiger partial charge < -0.3 is 18.8 Å². The molecule has 0 spiro atoms. The van der Waals surface area contributed by atoms with Crippen molar-refractivity contribution >= 4 is 5.84 Å². The molecule has 190 valence electrons. The van der Waals surface area contributed by atoms with Gasteiger partial charge in [0.05, 0.1) is 18.7 Å². The van der Waals surface area contributed by atoms with Gasteiger partial charge in [-0.1, -0.05) is 48.9 Å². The summed E-state index contributed by atoms with van der Waals surface area (Å²) in [7, 11) is 0. The van der Waals surface area contributed by atoms with E-state index in [2.05, 4.69) is 34.1 Å². The quantitative estimate of drug-likeness (QED) is 0.300. The number of furan rings is 1. The van der Waals surface area contributed by atoms with Gasteiger partial charge in [0.25, 0.3) is 0 Å². The molecular weight excluding hydrogens is 462 g/mol. The first-order chi connectivity index (χ1) is 18.3. The number of para-hydroxylation sites is 2. The van der Waals surface area contributed by atoms with Crippen LogP contribution in [0.1, 0.15) is 48.3 Å². The summed E-state index contributed by atoms with van der Waals surface area (Å²) in [5.74, 6) is 4.50. The molecule has 0 amide bonds. The summed E-state index contributed by atoms with van der Waals surface area (Å²) in [4.78, 5) is 12.0. The Morgan fingerprint density at radius 1 is 0.784 bits per heavy atom. The molecule has 3 heterocycles. The second-order valence-corrected chi connectivity index (χ2v) is 9.23. The molecule has 0 unspecified atom stereocenters. The van der Waals surface area contributed by atoms with Gasteiger partial charge in [-0.15, -0.1) is 0 Å². The Labute approximate surface area is 218 Å². The van der Waals surface area contributed by atoms with Crippen LogP contribution in [0, 0.1) is 6.92 Å². The first-order valence-electron chi connectivity index (χ1n) is 13.0. The van der Waals surface area contributed by atoms with Gasteiger partial charge in [-0.25, -0.2) is 4.98 Å². The maximum absolute atomic E-state index is 6.40. The van der Waals surface area contributed by atoms with Crippen molar-refractivity contribution in [3.63, 3.8) is 0 Å². The van der Waals surface area contributed by atoms with Gasteiger partial charge in [-0.2, -0.15) is 0 Å². The number of aliphatic imine (C=N–C) groups is 1. The van der Waals surface area contributed by atoms with Crippen LogP contribution in [0.4, 0.5) is 0 Å². The SMILES string of the molecule is Cc1ccc(CN(Cc2ccccc2)C2=NCCCCCCOc3ccccc3Oc3ncccc32)o1. The summed E-state index contributed by atoms with van der Waals surface area (Å²) in [5.41, 5.74) is 2.03. The normalized spacial score (nSPS) is 14.2. The maximum Gasteiger partial charge on any atom is 0.230 e. The van der Waals surface area contributed by atoms with Crippen LogP contribution in [-0.4, -0.2) is 28.9 Å². The highest BCUT2D eigenvalue weighted by atomic mass is 16.5. The minimum absolute atomic E-state index is 0.503. The van der Waals surface area contributed by atoms with Crippen molar-refractivity contribution in [1.82, 2.24) is 9.88 Å². The van der Waals surface area contributed by atoms with Crippen molar-refractivity contribution in [3.8, 4) is 17.4 Å². The van der Waals surface area contributed by atoms with E-state index in [0.29, 0.717) is 31.3 Å². The summed E-state index contributed by atoms with van der Waals surface area (Å²) in [5, 5.41) is 0. The van der Waals surface area contributed by atoms with Gasteiger partial charge in [0.2, 0.25) is 5.88 Å². The van der Waals surface area contributed by atoms with Gasteiger partial charge in [0, 0.05) is 19.3 Å². The van der Waals surface area contributed by atoms with Gasteiger partial charge in [-0.3, -0.25) is 4.99 Å². The second-order valence-electron chi connectivity index (χ2n) is 9.23. The molecule has 4 aromatic rings. The minimum Gasteiger partial charge on any atom is -0.490 e. The lowest BCUT2D eigenvalue weighted by atomic mass is 10.1. The molecule has 6 heteroatoms. The van der Waals surface area contributed by atoms with Gasteiger partial charge in [-0.05, 0) is 68.1 Å². The molecule has 0 saturated carbocycles. The number of aryl methyl sites for hydroxylation is 1. The third-order valence-corrected chi connectivity index (χ3v) is 6.30. The van der Waals surface area contributed by atoms with Gasteiger partial charge >= 0.3 is 0 Å². The van der Waals surface area contributed by atoms with Crippen LogP contribution in [0.25, 0.3) is 0 Å². The van der Waals surface area contributed by atoms with Crippen LogP contribution in [0.2, 0.25) is 0 Å². The Bertz CT molecular complexity index is 1320. The zero-order valence-electron chi connectivity index (χ0n) is 21.3. The average Bonchev–Trinajstić information content (AvgIpc) is 3.33. The van der Waals surface area contributed by atoms with Crippen molar-refractivity contribution in [2.24, 2.45) is 4.99 Å². The van der Waals surface area contributed by atoms with Gasteiger partial charge in [0.15, 0.2) is 11.5 Å². The Morgan fingerprint density at radius 2 is 1.59 bits per heavy atom. The Hall–Kier alpha value is -4.06. The van der Waals surface area contributed by atoms with E-state index in [9.17, 15) is 0 Å². The van der Waals surface area contributed by atoms with E-state index in [1.165, 1.54) is 5.56 Å². The van der Waals surface area contributed by atoms with E-state index in [0.717, 1.165) is 60.9 Å². The molecule has 6 nitrogen and oxygen atoms in total. The smallest absolute Gasteiger partial charge is 0.230 e. The molecule has 0 aliphatic carbocycles. The molecule has 2 aromatic heterocycles. The van der Waals surface area contributed by atoms with Crippen LogP contribution in [-0.2, 0) is 13.1 Å². The molecule has 0 N–H and O–H groups in total. The fraction of sp³-hybridized carbons (Fsp3) is 0.290. The molecule has 37 heavy (non-hydrogen) atoms. The zero-order valence-corrected chi connectivity index (χ0v) is 21.3. The average molecular weight is 496 g/mol. The molecule has 1 aliphatic rings. The van der Waals surface area contributed by atoms with Crippen molar-refractivity contribution in [2.75, 3.05) is 13.2 Å². The largest absolute Gasteiger partial charge is 0.490 e. The standard InChI is InChI=1S/C31H33N3O3/c1-24-17-18-26(36-24)23-34(22-25-12-5-4-6-13-25)30-27-14-11-20-33-31(27)37-29-16-8-7-15-28(29)35-21-10-3-2-9-19-32-30/h4-8,11-18,20H,2-3,9-10,19,21-23H2,1H3. The number of rotatable bonds is 4. The molecule has 0 fully saturated rings. The van der Waals surface area contributed by atoms with Crippen molar-refractivity contribution < 1.29 is 13.9 Å². The maximum atomic E-state index is 6.40. The topological polar surface area (TPSA) is 60.1 Å². The van der Waals surface area contributed by atoms with Crippen LogP contribution in [0.5, 0.6) is 17.4 Å². The second kappa shape index (κ2) is 12.3. The van der Waals surface area contributed by atoms with Crippen LogP contribution < -0.4 is 9.47 Å². The van der Waals surface area contributed by atoms with Crippen molar-refractivity contribution in [1.29, 1.82) is 0 Å². The number of nitrogens with zero attached hydrogens (tertiary/aromatic N) is 3. The van der Waals surface area contributed by atoms with Crippen molar-refractivity contribution in [2.45, 2.75) is 45.7 Å². The van der Waals surface area contributed by atoms with E-state index in [1.807, 2.05) is 61.5 Å². The summed E-state index contributed by atoms with van der Waals surface area (Å²) >= 11 is 0. The van der Waals surface area contributed by atoms with E-state index in [4.69, 9.17) is 18.9 Å². The first kappa shape index (κ1) is 24.6. The summed E-state index contributed by atoms with van der Waals surface area (Å²) in [6.45, 7) is 4.61. The number of benzene rings is 2. The van der Waals surface area contributed by atoms with Crippen LogP contribution >= 0.6 is 0 Å². The number of pyridine rings is 1. The highest BCUT2D eigenvalue weighted by Gasteiger charge is 2.22. The number of amidine groups is 1. The minimum atomic E-state index is 0.503. The third-order valence-electron chi connectivity index (χ3n) is 6.30. The zero-order chi connectivity index (χ0) is 25.3. The number of ether oxygens (including phenoxy) is 2. The predicted molar refractivity (Wildman–Crippen MR) is 145 cm³/mol. The number of hydrogen-bond donors (Lipinski definition) is 0. The molecule has 5 rings (SSSR count). The molecule has 0 bridgehead atoms. The fourth-order valence-corrected chi connectivity index (χ4v) is 4.46. The summed E-state index contributed by atoms with van der Waals surface area (Å²) in [6, 6.07) is 26.2. The lowest BCUT2D eigenvalue weighted by Crippen LogP contribution is -2.31. The predicted octanol–water partition coefficient (Wildman–Crippen LogP) is 7.18. The Kier molecular flexibility index (Phi) is 8.16. The molecular formula is C31H33N3O3. The number of fused-ring (bicyclic) bond motifs is 2. The molecule has 0 atom stereocenters. The van der Waals surface area contributed by atoms with E-state index < -0.39 is 0 Å². The van der Waals surface area contributed by atoms with E-state index in [-0.39, 0.29) is 0 Å². The summed E-state index contributed by atoms with van der Waals surface area (Å²) in [6.07, 6.45) is 5.97.